The molecule has 0 bridgehead atoms. The first kappa shape index (κ1) is 31.5. The topological polar surface area (TPSA) is 78.1 Å². The lowest BCUT2D eigenvalue weighted by molar-refractivity contribution is 0.668. The summed E-state index contributed by atoms with van der Waals surface area (Å²) in [6.45, 7) is 0. The molecular weight excluding hydrogens is 703 g/mol. The molecule has 0 amide bonds. The molecule has 0 atom stereocenters. The van der Waals surface area contributed by atoms with Gasteiger partial charge in [-0.2, -0.15) is 0 Å². The average Bonchev–Trinajstić information content (AvgIpc) is 3.97. The Kier molecular flexibility index (Phi) is 6.83. The summed E-state index contributed by atoms with van der Waals surface area (Å²) in [4.78, 5) is 14.9. The SMILES string of the molecule is c1ccc(-c2nc(-c3ccccc3)nc(-c3ccc4c(c3)oc3c(-c5ccc6c(c5)oc5ccccc56)cc(-c5ccc6c(c5)oc5ccccc56)cc34)n2)cc1. The van der Waals surface area contributed by atoms with Gasteiger partial charge in [-0.25, -0.2) is 15.0 Å². The third-order valence-corrected chi connectivity index (χ3v) is 10.9. The van der Waals surface area contributed by atoms with Crippen molar-refractivity contribution in [3.8, 4) is 56.4 Å². The van der Waals surface area contributed by atoms with Crippen molar-refractivity contribution in [1.29, 1.82) is 0 Å². The minimum atomic E-state index is 0.570. The molecule has 12 rings (SSSR count). The van der Waals surface area contributed by atoms with Gasteiger partial charge in [-0.1, -0.05) is 115 Å². The molecule has 12 aromatic rings. The van der Waals surface area contributed by atoms with Crippen molar-refractivity contribution in [3.63, 3.8) is 0 Å². The van der Waals surface area contributed by atoms with Gasteiger partial charge in [0, 0.05) is 54.6 Å². The summed E-state index contributed by atoms with van der Waals surface area (Å²) in [6.07, 6.45) is 0. The number of hydrogen-bond acceptors (Lipinski definition) is 6. The Morgan fingerprint density at radius 3 is 1.32 bits per heavy atom. The second-order valence-corrected chi connectivity index (χ2v) is 14.4. The lowest BCUT2D eigenvalue weighted by Crippen LogP contribution is -2.00. The Bertz CT molecular complexity index is 3470. The van der Waals surface area contributed by atoms with Crippen molar-refractivity contribution < 1.29 is 13.3 Å². The van der Waals surface area contributed by atoms with Crippen molar-refractivity contribution in [2.24, 2.45) is 0 Å². The van der Waals surface area contributed by atoms with Crippen LogP contribution < -0.4 is 0 Å². The number of hydrogen-bond donors (Lipinski definition) is 0. The zero-order valence-corrected chi connectivity index (χ0v) is 30.3. The number of nitrogens with zero attached hydrogens (tertiary/aromatic N) is 3. The molecule has 6 heteroatoms. The molecule has 4 aromatic heterocycles. The highest BCUT2D eigenvalue weighted by Crippen LogP contribution is 2.43. The van der Waals surface area contributed by atoms with E-state index in [1.54, 1.807) is 0 Å². The Balaban J connectivity index is 1.06. The first-order chi connectivity index (χ1) is 28.2. The zero-order valence-electron chi connectivity index (χ0n) is 30.3. The van der Waals surface area contributed by atoms with Crippen LogP contribution in [-0.2, 0) is 0 Å². The largest absolute Gasteiger partial charge is 0.456 e. The zero-order chi connectivity index (χ0) is 37.5. The molecule has 57 heavy (non-hydrogen) atoms. The predicted molar refractivity (Wildman–Crippen MR) is 229 cm³/mol. The van der Waals surface area contributed by atoms with Crippen LogP contribution in [0.25, 0.3) is 122 Å². The van der Waals surface area contributed by atoms with E-state index >= 15 is 0 Å². The number of furan rings is 3. The van der Waals surface area contributed by atoms with Gasteiger partial charge in [0.05, 0.1) is 0 Å². The molecule has 0 aliphatic rings. The van der Waals surface area contributed by atoms with Crippen LogP contribution in [0.15, 0.2) is 189 Å². The van der Waals surface area contributed by atoms with Crippen LogP contribution in [0.3, 0.4) is 0 Å². The van der Waals surface area contributed by atoms with Crippen LogP contribution in [0.4, 0.5) is 0 Å². The lowest BCUT2D eigenvalue weighted by Gasteiger charge is -2.09. The molecule has 4 heterocycles. The van der Waals surface area contributed by atoms with Gasteiger partial charge in [0.15, 0.2) is 17.5 Å². The minimum Gasteiger partial charge on any atom is -0.456 e. The third-order valence-electron chi connectivity index (χ3n) is 10.9. The second-order valence-electron chi connectivity index (χ2n) is 14.4. The second kappa shape index (κ2) is 12.3. The number of para-hydroxylation sites is 2. The molecule has 0 saturated heterocycles. The van der Waals surface area contributed by atoms with Crippen LogP contribution in [-0.4, -0.2) is 15.0 Å². The van der Waals surface area contributed by atoms with Crippen molar-refractivity contribution in [3.05, 3.63) is 176 Å². The molecule has 266 valence electrons. The van der Waals surface area contributed by atoms with E-state index < -0.39 is 0 Å². The molecule has 0 aliphatic heterocycles. The summed E-state index contributed by atoms with van der Waals surface area (Å²) >= 11 is 0. The predicted octanol–water partition coefficient (Wildman–Crippen LogP) is 13.9. The number of aromatic nitrogens is 3. The molecular formula is C51H29N3O3. The van der Waals surface area contributed by atoms with Crippen molar-refractivity contribution in [1.82, 2.24) is 15.0 Å². The molecule has 0 saturated carbocycles. The molecule has 6 nitrogen and oxygen atoms in total. The van der Waals surface area contributed by atoms with E-state index in [0.717, 1.165) is 105 Å². The molecule has 0 N–H and O–H groups in total. The van der Waals surface area contributed by atoms with Crippen molar-refractivity contribution in [2.75, 3.05) is 0 Å². The molecule has 0 radical (unpaired) electrons. The maximum atomic E-state index is 6.88. The van der Waals surface area contributed by atoms with Crippen LogP contribution in [0.5, 0.6) is 0 Å². The molecule has 0 aliphatic carbocycles. The summed E-state index contributed by atoms with van der Waals surface area (Å²) in [7, 11) is 0. The van der Waals surface area contributed by atoms with Crippen LogP contribution in [0.2, 0.25) is 0 Å². The van der Waals surface area contributed by atoms with Crippen LogP contribution >= 0.6 is 0 Å². The standard InChI is InChI=1S/C51H29N3O3/c1-3-11-30(12-4-1)49-52-50(31-13-5-2-6-14-31)54-51(53-49)34-21-24-40-42-26-35(32-19-22-38-36-15-7-9-17-43(36)55-45(38)27-32)25-41(48(42)57-47(40)29-34)33-20-23-39-37-16-8-10-18-44(37)56-46(39)28-33/h1-29H. The van der Waals surface area contributed by atoms with E-state index in [4.69, 9.17) is 28.2 Å². The van der Waals surface area contributed by atoms with Crippen LogP contribution in [0.1, 0.15) is 0 Å². The summed E-state index contributed by atoms with van der Waals surface area (Å²) in [6, 6.07) is 59.9. The lowest BCUT2D eigenvalue weighted by atomic mass is 9.94. The summed E-state index contributed by atoms with van der Waals surface area (Å²) in [5, 5.41) is 6.37. The van der Waals surface area contributed by atoms with Gasteiger partial charge in [0.25, 0.3) is 0 Å². The van der Waals surface area contributed by atoms with Gasteiger partial charge in [-0.3, -0.25) is 0 Å². The van der Waals surface area contributed by atoms with Gasteiger partial charge in [-0.15, -0.1) is 0 Å². The fourth-order valence-corrected chi connectivity index (χ4v) is 8.13. The monoisotopic (exact) mass is 731 g/mol. The average molecular weight is 732 g/mol. The fraction of sp³-hybridized carbons (Fsp3) is 0. The summed E-state index contributed by atoms with van der Waals surface area (Å²) < 4.78 is 19.6. The van der Waals surface area contributed by atoms with Gasteiger partial charge in [-0.05, 0) is 77.4 Å². The Hall–Kier alpha value is -7.83. The highest BCUT2D eigenvalue weighted by atomic mass is 16.3. The smallest absolute Gasteiger partial charge is 0.164 e. The Morgan fingerprint density at radius 1 is 0.263 bits per heavy atom. The van der Waals surface area contributed by atoms with Crippen molar-refractivity contribution >= 4 is 65.8 Å². The summed E-state index contributed by atoms with van der Waals surface area (Å²) in [5.41, 5.74) is 11.7. The summed E-state index contributed by atoms with van der Waals surface area (Å²) in [5.74, 6) is 1.79. The third kappa shape index (κ3) is 5.15. The minimum absolute atomic E-state index is 0.570. The number of rotatable bonds is 5. The first-order valence-corrected chi connectivity index (χ1v) is 18.9. The Morgan fingerprint density at radius 2 is 0.702 bits per heavy atom. The van der Waals surface area contributed by atoms with E-state index in [0.29, 0.717) is 17.5 Å². The van der Waals surface area contributed by atoms with Gasteiger partial charge >= 0.3 is 0 Å². The molecule has 0 unspecified atom stereocenters. The molecule has 8 aromatic carbocycles. The van der Waals surface area contributed by atoms with E-state index in [9.17, 15) is 0 Å². The maximum absolute atomic E-state index is 6.88. The quantitative estimate of drug-likeness (QED) is 0.175. The van der Waals surface area contributed by atoms with E-state index in [1.165, 1.54) is 0 Å². The van der Waals surface area contributed by atoms with E-state index in [-0.39, 0.29) is 0 Å². The van der Waals surface area contributed by atoms with Gasteiger partial charge < -0.3 is 13.3 Å². The molecule has 0 spiro atoms. The normalized spacial score (nSPS) is 11.9. The van der Waals surface area contributed by atoms with Crippen molar-refractivity contribution in [2.45, 2.75) is 0 Å². The van der Waals surface area contributed by atoms with Gasteiger partial charge in [0.2, 0.25) is 0 Å². The van der Waals surface area contributed by atoms with E-state index in [1.807, 2.05) is 103 Å². The van der Waals surface area contributed by atoms with Crippen LogP contribution in [0, 0.1) is 0 Å². The Labute approximate surface area is 325 Å². The van der Waals surface area contributed by atoms with E-state index in [2.05, 4.69) is 72.8 Å². The molecule has 0 fully saturated rings. The van der Waals surface area contributed by atoms with Gasteiger partial charge in [0.1, 0.15) is 33.5 Å². The highest BCUT2D eigenvalue weighted by molar-refractivity contribution is 6.14. The number of fused-ring (bicyclic) bond motifs is 9. The fourth-order valence-electron chi connectivity index (χ4n) is 8.13. The number of benzene rings is 8. The maximum Gasteiger partial charge on any atom is 0.164 e. The highest BCUT2D eigenvalue weighted by Gasteiger charge is 2.20. The first-order valence-electron chi connectivity index (χ1n) is 18.9.